The Morgan fingerprint density at radius 1 is 1.30 bits per heavy atom. The van der Waals surface area contributed by atoms with Crippen molar-refractivity contribution in [1.29, 1.82) is 0 Å². The number of hydrogen-bond acceptors (Lipinski definition) is 4. The van der Waals surface area contributed by atoms with E-state index in [1.807, 2.05) is 0 Å². The van der Waals surface area contributed by atoms with Gasteiger partial charge in [-0.1, -0.05) is 23.2 Å². The molecule has 0 aliphatic rings. The lowest BCUT2D eigenvalue weighted by atomic mass is 10.2. The molecule has 0 aliphatic heterocycles. The second-order valence-corrected chi connectivity index (χ2v) is 6.13. The third kappa shape index (κ3) is 3.21. The molecule has 0 bridgehead atoms. The van der Waals surface area contributed by atoms with E-state index in [-0.39, 0.29) is 11.0 Å². The molecule has 23 heavy (non-hydrogen) atoms. The van der Waals surface area contributed by atoms with E-state index in [0.29, 0.717) is 27.2 Å². The second-order valence-electron chi connectivity index (χ2n) is 4.61. The van der Waals surface area contributed by atoms with E-state index in [4.69, 9.17) is 23.2 Å². The van der Waals surface area contributed by atoms with E-state index < -0.39 is 5.91 Å². The molecule has 0 saturated heterocycles. The van der Waals surface area contributed by atoms with Crippen molar-refractivity contribution in [3.8, 4) is 11.4 Å². The van der Waals surface area contributed by atoms with Crippen molar-refractivity contribution in [2.75, 3.05) is 5.32 Å². The average molecular weight is 371 g/mol. The summed E-state index contributed by atoms with van der Waals surface area (Å²) >= 11 is 12.9. The SMILES string of the molecule is Cn1c(C(=O)Nc2nc(-c3ccc(F)cc3)ns2)cc(Cl)c1Cl. The molecule has 1 amide bonds. The minimum atomic E-state index is -0.400. The minimum absolute atomic E-state index is 0.279. The largest absolute Gasteiger partial charge is 0.329 e. The maximum atomic E-state index is 12.9. The molecule has 2 heterocycles. The van der Waals surface area contributed by atoms with Crippen molar-refractivity contribution in [2.45, 2.75) is 0 Å². The molecule has 5 nitrogen and oxygen atoms in total. The third-order valence-corrected chi connectivity index (χ3v) is 4.57. The number of rotatable bonds is 3. The standard InChI is InChI=1S/C14H9Cl2FN4OS/c1-21-10(6-9(15)11(21)16)13(22)19-14-18-12(20-23-14)7-2-4-8(17)5-3-7/h2-6H,1H3,(H,18,19,20,22). The predicted octanol–water partition coefficient (Wildman–Crippen LogP) is 4.24. The number of aromatic nitrogens is 3. The molecule has 0 radical (unpaired) electrons. The average Bonchev–Trinajstić information content (AvgIpc) is 3.08. The van der Waals surface area contributed by atoms with Crippen LogP contribution in [0.1, 0.15) is 10.5 Å². The fraction of sp³-hybridized carbons (Fsp3) is 0.0714. The van der Waals surface area contributed by atoms with Gasteiger partial charge in [-0.25, -0.2) is 4.39 Å². The normalized spacial score (nSPS) is 10.8. The highest BCUT2D eigenvalue weighted by atomic mass is 35.5. The fourth-order valence-corrected chi connectivity index (χ4v) is 2.87. The molecule has 0 saturated carbocycles. The molecule has 0 spiro atoms. The van der Waals surface area contributed by atoms with Crippen LogP contribution < -0.4 is 5.32 Å². The zero-order valence-corrected chi connectivity index (χ0v) is 14.0. The van der Waals surface area contributed by atoms with Gasteiger partial charge in [0.15, 0.2) is 5.82 Å². The molecule has 3 aromatic rings. The lowest BCUT2D eigenvalue weighted by molar-refractivity contribution is 0.101. The van der Waals surface area contributed by atoms with Gasteiger partial charge in [0, 0.05) is 24.1 Å². The highest BCUT2D eigenvalue weighted by molar-refractivity contribution is 7.10. The van der Waals surface area contributed by atoms with Crippen LogP contribution in [-0.2, 0) is 7.05 Å². The Morgan fingerprint density at radius 2 is 2.00 bits per heavy atom. The van der Waals surface area contributed by atoms with Gasteiger partial charge in [0.05, 0.1) is 5.02 Å². The lowest BCUT2D eigenvalue weighted by Crippen LogP contribution is -2.15. The van der Waals surface area contributed by atoms with Gasteiger partial charge in [-0.2, -0.15) is 9.36 Å². The molecule has 0 aliphatic carbocycles. The van der Waals surface area contributed by atoms with E-state index >= 15 is 0 Å². The highest BCUT2D eigenvalue weighted by Gasteiger charge is 2.17. The first-order valence-electron chi connectivity index (χ1n) is 6.37. The number of carbonyl (C=O) groups is 1. The van der Waals surface area contributed by atoms with Crippen molar-refractivity contribution in [3.63, 3.8) is 0 Å². The van der Waals surface area contributed by atoms with Gasteiger partial charge in [0.2, 0.25) is 5.13 Å². The van der Waals surface area contributed by atoms with Gasteiger partial charge in [-0.15, -0.1) is 0 Å². The topological polar surface area (TPSA) is 59.8 Å². The molecule has 0 fully saturated rings. The fourth-order valence-electron chi connectivity index (χ4n) is 1.91. The van der Waals surface area contributed by atoms with Gasteiger partial charge in [0.25, 0.3) is 5.91 Å². The zero-order chi connectivity index (χ0) is 16.6. The first kappa shape index (κ1) is 15.9. The number of benzene rings is 1. The minimum Gasteiger partial charge on any atom is -0.329 e. The van der Waals surface area contributed by atoms with Crippen LogP contribution in [-0.4, -0.2) is 19.8 Å². The summed E-state index contributed by atoms with van der Waals surface area (Å²) in [6.45, 7) is 0. The number of amides is 1. The van der Waals surface area contributed by atoms with Crippen LogP contribution in [0.25, 0.3) is 11.4 Å². The lowest BCUT2D eigenvalue weighted by Gasteiger charge is -2.03. The van der Waals surface area contributed by atoms with Crippen LogP contribution >= 0.6 is 34.7 Å². The van der Waals surface area contributed by atoms with Crippen LogP contribution in [0, 0.1) is 5.82 Å². The maximum Gasteiger partial charge on any atom is 0.274 e. The molecule has 118 valence electrons. The number of nitrogens with zero attached hydrogens (tertiary/aromatic N) is 3. The summed E-state index contributed by atoms with van der Waals surface area (Å²) in [6, 6.07) is 7.26. The van der Waals surface area contributed by atoms with Crippen LogP contribution in [0.15, 0.2) is 30.3 Å². The highest BCUT2D eigenvalue weighted by Crippen LogP contribution is 2.26. The summed E-state index contributed by atoms with van der Waals surface area (Å²) in [7, 11) is 1.63. The number of nitrogens with one attached hydrogen (secondary N) is 1. The van der Waals surface area contributed by atoms with E-state index in [9.17, 15) is 9.18 Å². The maximum absolute atomic E-state index is 12.9. The smallest absolute Gasteiger partial charge is 0.274 e. The Bertz CT molecular complexity index is 876. The summed E-state index contributed by atoms with van der Waals surface area (Å²) in [5.74, 6) is -0.327. The Labute approximate surface area is 144 Å². The Balaban J connectivity index is 1.80. The van der Waals surface area contributed by atoms with Crippen molar-refractivity contribution >= 4 is 45.8 Å². The van der Waals surface area contributed by atoms with E-state index in [2.05, 4.69) is 14.7 Å². The van der Waals surface area contributed by atoms with Crippen LogP contribution in [0.5, 0.6) is 0 Å². The monoisotopic (exact) mass is 370 g/mol. The van der Waals surface area contributed by atoms with Crippen molar-refractivity contribution in [2.24, 2.45) is 7.05 Å². The molecule has 0 atom stereocenters. The summed E-state index contributed by atoms with van der Waals surface area (Å²) in [5, 5.41) is 3.53. The molecule has 2 aromatic heterocycles. The molecule has 3 rings (SSSR count). The van der Waals surface area contributed by atoms with Gasteiger partial charge in [-0.05, 0) is 30.3 Å². The molecule has 1 aromatic carbocycles. The predicted molar refractivity (Wildman–Crippen MR) is 88.7 cm³/mol. The first-order valence-corrected chi connectivity index (χ1v) is 7.90. The Hall–Kier alpha value is -1.96. The molecule has 1 N–H and O–H groups in total. The molecular weight excluding hydrogens is 362 g/mol. The van der Waals surface area contributed by atoms with E-state index in [0.717, 1.165) is 11.5 Å². The zero-order valence-electron chi connectivity index (χ0n) is 11.7. The van der Waals surface area contributed by atoms with Crippen molar-refractivity contribution in [1.82, 2.24) is 13.9 Å². The third-order valence-electron chi connectivity index (χ3n) is 3.10. The number of hydrogen-bond donors (Lipinski definition) is 1. The van der Waals surface area contributed by atoms with Crippen molar-refractivity contribution < 1.29 is 9.18 Å². The Kier molecular flexibility index (Phi) is 4.34. The molecule has 0 unspecified atom stereocenters. The molecule has 9 heteroatoms. The number of anilines is 1. The quantitative estimate of drug-likeness (QED) is 0.749. The first-order chi connectivity index (χ1) is 11.0. The number of halogens is 3. The summed E-state index contributed by atoms with van der Waals surface area (Å²) < 4.78 is 18.5. The van der Waals surface area contributed by atoms with Gasteiger partial charge < -0.3 is 4.57 Å². The number of carbonyl (C=O) groups excluding carboxylic acids is 1. The Morgan fingerprint density at radius 3 is 2.61 bits per heavy atom. The summed E-state index contributed by atoms with van der Waals surface area (Å²) in [4.78, 5) is 16.4. The summed E-state index contributed by atoms with van der Waals surface area (Å²) in [5.41, 5.74) is 0.964. The second kappa shape index (κ2) is 6.27. The van der Waals surface area contributed by atoms with Crippen LogP contribution in [0.4, 0.5) is 9.52 Å². The van der Waals surface area contributed by atoms with Gasteiger partial charge >= 0.3 is 0 Å². The van der Waals surface area contributed by atoms with Gasteiger partial charge in [0.1, 0.15) is 16.7 Å². The van der Waals surface area contributed by atoms with Gasteiger partial charge in [-0.3, -0.25) is 10.1 Å². The molecular formula is C14H9Cl2FN4OS. The van der Waals surface area contributed by atoms with E-state index in [1.54, 1.807) is 19.2 Å². The van der Waals surface area contributed by atoms with Crippen molar-refractivity contribution in [3.05, 3.63) is 52.0 Å². The summed E-state index contributed by atoms with van der Waals surface area (Å²) in [6.07, 6.45) is 0. The van der Waals surface area contributed by atoms with E-state index in [1.165, 1.54) is 22.8 Å². The van der Waals surface area contributed by atoms with Crippen LogP contribution in [0.3, 0.4) is 0 Å². The van der Waals surface area contributed by atoms with Crippen LogP contribution in [0.2, 0.25) is 10.2 Å².